The molecule has 1 fully saturated rings. The van der Waals surface area contributed by atoms with Gasteiger partial charge in [-0.25, -0.2) is 0 Å². The predicted molar refractivity (Wildman–Crippen MR) is 72.9 cm³/mol. The molecule has 96 valence electrons. The fourth-order valence-electron chi connectivity index (χ4n) is 2.94. The molecule has 2 aromatic heterocycles. The molecule has 3 heterocycles. The highest BCUT2D eigenvalue weighted by atomic mass is 16.1. The van der Waals surface area contributed by atoms with Gasteiger partial charge in [0, 0.05) is 36.9 Å². The molecule has 1 aliphatic rings. The summed E-state index contributed by atoms with van der Waals surface area (Å²) in [6, 6.07) is 4.84. The molecular formula is C14H19N3O. The van der Waals surface area contributed by atoms with Crippen LogP contribution in [0.4, 0.5) is 0 Å². The van der Waals surface area contributed by atoms with E-state index in [0.717, 1.165) is 23.9 Å². The lowest BCUT2D eigenvalue weighted by Gasteiger charge is -2.31. The number of nitrogens with one attached hydrogen (secondary N) is 1. The Kier molecular flexibility index (Phi) is 2.74. The first-order valence-electron chi connectivity index (χ1n) is 6.58. The summed E-state index contributed by atoms with van der Waals surface area (Å²) in [5.74, 6) is 0. The van der Waals surface area contributed by atoms with E-state index in [2.05, 4.69) is 23.0 Å². The van der Waals surface area contributed by atoms with Gasteiger partial charge in [0.05, 0.1) is 0 Å². The van der Waals surface area contributed by atoms with Gasteiger partial charge in [0.1, 0.15) is 5.52 Å². The fraction of sp³-hybridized carbons (Fsp3) is 0.500. The summed E-state index contributed by atoms with van der Waals surface area (Å²) in [6.07, 6.45) is 6.19. The maximum atomic E-state index is 12.3. The maximum absolute atomic E-state index is 12.3. The molecule has 2 unspecified atom stereocenters. The van der Waals surface area contributed by atoms with Gasteiger partial charge in [0.25, 0.3) is 5.56 Å². The number of aryl methyl sites for hydroxylation is 1. The molecule has 0 aliphatic carbocycles. The summed E-state index contributed by atoms with van der Waals surface area (Å²) in [7, 11) is 1.81. The van der Waals surface area contributed by atoms with Gasteiger partial charge in [-0.2, -0.15) is 0 Å². The minimum Gasteiger partial charge on any atom is -0.338 e. The molecule has 0 aromatic carbocycles. The van der Waals surface area contributed by atoms with Crippen molar-refractivity contribution < 1.29 is 0 Å². The van der Waals surface area contributed by atoms with Crippen molar-refractivity contribution in [1.29, 1.82) is 0 Å². The van der Waals surface area contributed by atoms with Gasteiger partial charge >= 0.3 is 0 Å². The van der Waals surface area contributed by atoms with Crippen molar-refractivity contribution in [3.63, 3.8) is 0 Å². The van der Waals surface area contributed by atoms with Gasteiger partial charge in [-0.1, -0.05) is 0 Å². The number of hydrogen-bond acceptors (Lipinski definition) is 2. The van der Waals surface area contributed by atoms with Crippen LogP contribution in [0, 0.1) is 0 Å². The first kappa shape index (κ1) is 11.5. The molecule has 0 spiro atoms. The first-order valence-corrected chi connectivity index (χ1v) is 6.58. The van der Waals surface area contributed by atoms with Gasteiger partial charge in [-0.3, -0.25) is 4.79 Å². The first-order chi connectivity index (χ1) is 8.68. The third-order valence-corrected chi connectivity index (χ3v) is 4.02. The molecule has 0 saturated carbocycles. The minimum atomic E-state index is 0.0928. The Bertz CT molecular complexity index is 625. The van der Waals surface area contributed by atoms with Crippen LogP contribution < -0.4 is 10.9 Å². The van der Waals surface area contributed by atoms with E-state index in [4.69, 9.17) is 0 Å². The maximum Gasteiger partial charge on any atom is 0.274 e. The molecule has 4 nitrogen and oxygen atoms in total. The Morgan fingerprint density at radius 1 is 1.33 bits per heavy atom. The van der Waals surface area contributed by atoms with E-state index >= 15 is 0 Å². The van der Waals surface area contributed by atoms with Gasteiger partial charge in [-0.05, 0) is 38.4 Å². The van der Waals surface area contributed by atoms with Gasteiger partial charge in [0.2, 0.25) is 0 Å². The monoisotopic (exact) mass is 245 g/mol. The average Bonchev–Trinajstić information content (AvgIpc) is 2.79. The second-order valence-corrected chi connectivity index (χ2v) is 5.21. The van der Waals surface area contributed by atoms with E-state index in [1.165, 1.54) is 6.42 Å². The predicted octanol–water partition coefficient (Wildman–Crippen LogP) is 1.65. The highest BCUT2D eigenvalue weighted by Crippen LogP contribution is 2.25. The third-order valence-electron chi connectivity index (χ3n) is 4.02. The van der Waals surface area contributed by atoms with Crippen LogP contribution in [0.1, 0.15) is 25.8 Å². The average molecular weight is 245 g/mol. The number of fused-ring (bicyclic) bond motifs is 1. The van der Waals surface area contributed by atoms with Crippen LogP contribution in [0.3, 0.4) is 0 Å². The Morgan fingerprint density at radius 3 is 2.89 bits per heavy atom. The molecule has 2 atom stereocenters. The number of hydrogen-bond donors (Lipinski definition) is 1. The Hall–Kier alpha value is -1.55. The van der Waals surface area contributed by atoms with Gasteiger partial charge in [0.15, 0.2) is 0 Å². The Morgan fingerprint density at radius 2 is 2.11 bits per heavy atom. The van der Waals surface area contributed by atoms with E-state index in [1.54, 1.807) is 4.57 Å². The van der Waals surface area contributed by atoms with Crippen LogP contribution in [-0.4, -0.2) is 21.7 Å². The number of pyridine rings is 1. The molecule has 0 amide bonds. The van der Waals surface area contributed by atoms with E-state index in [1.807, 2.05) is 25.4 Å². The van der Waals surface area contributed by atoms with Crippen LogP contribution in [0.15, 0.2) is 29.3 Å². The number of rotatable bonds is 1. The summed E-state index contributed by atoms with van der Waals surface area (Å²) in [5.41, 5.74) is 0.927. The SMILES string of the molecule is CC1NCCCC1n1ccc2ccn(C)c(=O)c21. The van der Waals surface area contributed by atoms with Crippen LogP contribution >= 0.6 is 0 Å². The highest BCUT2D eigenvalue weighted by Gasteiger charge is 2.24. The number of piperidine rings is 1. The lowest BCUT2D eigenvalue weighted by molar-refractivity contribution is 0.301. The lowest BCUT2D eigenvalue weighted by atomic mass is 9.99. The van der Waals surface area contributed by atoms with Gasteiger partial charge in [-0.15, -0.1) is 0 Å². The van der Waals surface area contributed by atoms with Crippen LogP contribution in [-0.2, 0) is 7.05 Å². The van der Waals surface area contributed by atoms with E-state index in [-0.39, 0.29) is 5.56 Å². The molecule has 4 heteroatoms. The topological polar surface area (TPSA) is 39.0 Å². The van der Waals surface area contributed by atoms with Crippen molar-refractivity contribution in [3.05, 3.63) is 34.9 Å². The third kappa shape index (κ3) is 1.68. The smallest absolute Gasteiger partial charge is 0.274 e. The lowest BCUT2D eigenvalue weighted by Crippen LogP contribution is -2.40. The molecular weight excluding hydrogens is 226 g/mol. The second-order valence-electron chi connectivity index (χ2n) is 5.21. The van der Waals surface area contributed by atoms with E-state index in [0.29, 0.717) is 12.1 Å². The summed E-state index contributed by atoms with van der Waals surface area (Å²) in [5, 5.41) is 4.53. The standard InChI is InChI=1S/C14H19N3O/c1-10-12(4-3-7-15-10)17-9-6-11-5-8-16(2)14(18)13(11)17/h5-6,8-10,12,15H,3-4,7H2,1-2H3. The van der Waals surface area contributed by atoms with E-state index < -0.39 is 0 Å². The minimum absolute atomic E-state index is 0.0928. The zero-order valence-corrected chi connectivity index (χ0v) is 10.9. The molecule has 3 rings (SSSR count). The van der Waals surface area contributed by atoms with Gasteiger partial charge < -0.3 is 14.5 Å². The number of aromatic nitrogens is 2. The molecule has 18 heavy (non-hydrogen) atoms. The summed E-state index contributed by atoms with van der Waals surface area (Å²) in [4.78, 5) is 12.3. The largest absolute Gasteiger partial charge is 0.338 e. The van der Waals surface area contributed by atoms with Crippen molar-refractivity contribution >= 4 is 10.9 Å². The van der Waals surface area contributed by atoms with Crippen molar-refractivity contribution in [3.8, 4) is 0 Å². The van der Waals surface area contributed by atoms with Crippen molar-refractivity contribution in [2.75, 3.05) is 6.54 Å². The molecule has 1 N–H and O–H groups in total. The molecule has 1 saturated heterocycles. The molecule has 2 aromatic rings. The van der Waals surface area contributed by atoms with Crippen molar-refractivity contribution in [2.24, 2.45) is 7.05 Å². The Balaban J connectivity index is 2.17. The second kappa shape index (κ2) is 4.28. The van der Waals surface area contributed by atoms with Crippen molar-refractivity contribution in [1.82, 2.24) is 14.5 Å². The number of nitrogens with zero attached hydrogens (tertiary/aromatic N) is 2. The normalized spacial score (nSPS) is 24.6. The van der Waals surface area contributed by atoms with E-state index in [9.17, 15) is 4.79 Å². The quantitative estimate of drug-likeness (QED) is 0.829. The van der Waals surface area contributed by atoms with Crippen LogP contribution in [0.2, 0.25) is 0 Å². The summed E-state index contributed by atoms with van der Waals surface area (Å²) >= 11 is 0. The zero-order chi connectivity index (χ0) is 12.7. The van der Waals surface area contributed by atoms with Crippen LogP contribution in [0.5, 0.6) is 0 Å². The van der Waals surface area contributed by atoms with Crippen molar-refractivity contribution in [2.45, 2.75) is 31.8 Å². The summed E-state index contributed by atoms with van der Waals surface area (Å²) in [6.45, 7) is 3.28. The Labute approximate surface area is 106 Å². The summed E-state index contributed by atoms with van der Waals surface area (Å²) < 4.78 is 3.81. The molecule has 0 bridgehead atoms. The molecule has 1 aliphatic heterocycles. The fourth-order valence-corrected chi connectivity index (χ4v) is 2.94. The van der Waals surface area contributed by atoms with Crippen LogP contribution in [0.25, 0.3) is 10.9 Å². The zero-order valence-electron chi connectivity index (χ0n) is 10.9. The molecule has 0 radical (unpaired) electrons. The highest BCUT2D eigenvalue weighted by molar-refractivity contribution is 5.79.